The molecule has 0 bridgehead atoms. The van der Waals surface area contributed by atoms with Crippen LogP contribution < -0.4 is 0 Å². The van der Waals surface area contributed by atoms with Crippen LogP contribution in [0.25, 0.3) is 0 Å². The van der Waals surface area contributed by atoms with Crippen molar-refractivity contribution in [2.75, 3.05) is 5.75 Å². The van der Waals surface area contributed by atoms with Crippen LogP contribution in [0.3, 0.4) is 0 Å². The first-order chi connectivity index (χ1) is 5.57. The van der Waals surface area contributed by atoms with Gasteiger partial charge in [-0.05, 0) is 6.92 Å². The fourth-order valence-corrected chi connectivity index (χ4v) is 2.79. The second-order valence-corrected chi connectivity index (χ2v) is 5.27. The van der Waals surface area contributed by atoms with Crippen molar-refractivity contribution in [1.29, 1.82) is 0 Å². The van der Waals surface area contributed by atoms with Gasteiger partial charge in [-0.15, -0.1) is 0 Å². The third-order valence-corrected chi connectivity index (χ3v) is 3.55. The molecule has 0 saturated carbocycles. The van der Waals surface area contributed by atoms with Crippen LogP contribution in [-0.4, -0.2) is 24.1 Å². The highest BCUT2D eigenvalue weighted by atomic mass is 32.2. The number of nitrogens with one attached hydrogen (secondary N) is 1. The summed E-state index contributed by atoms with van der Waals surface area (Å²) in [7, 11) is -2.85. The highest BCUT2D eigenvalue weighted by Crippen LogP contribution is 2.17. The number of aromatic amines is 1. The Balaban J connectivity index is 2.47. The molecule has 1 aromatic rings. The number of hydrogen-bond donors (Lipinski definition) is 1. The summed E-state index contributed by atoms with van der Waals surface area (Å²) in [5.41, 5.74) is 1.70. The topological polar surface area (TPSA) is 62.8 Å². The predicted molar refractivity (Wildman–Crippen MR) is 44.5 cm³/mol. The van der Waals surface area contributed by atoms with Crippen LogP contribution >= 0.6 is 0 Å². The molecule has 5 heteroatoms. The summed E-state index contributed by atoms with van der Waals surface area (Å²) in [5.74, 6) is 1.17. The van der Waals surface area contributed by atoms with Crippen LogP contribution in [0.4, 0.5) is 0 Å². The smallest absolute Gasteiger partial charge is 0.156 e. The van der Waals surface area contributed by atoms with Gasteiger partial charge in [0.05, 0.1) is 22.9 Å². The molecule has 1 N–H and O–H groups in total. The normalized spacial score (nSPS) is 20.4. The van der Waals surface area contributed by atoms with E-state index >= 15 is 0 Å². The molecule has 4 nitrogen and oxygen atoms in total. The third-order valence-electron chi connectivity index (χ3n) is 2.00. The van der Waals surface area contributed by atoms with E-state index in [1.807, 2.05) is 6.92 Å². The summed E-state index contributed by atoms with van der Waals surface area (Å²) >= 11 is 0. The van der Waals surface area contributed by atoms with Crippen LogP contribution in [0, 0.1) is 6.92 Å². The minimum atomic E-state index is -2.85. The minimum Gasteiger partial charge on any atom is -0.345 e. The molecule has 0 fully saturated rings. The maximum atomic E-state index is 11.2. The van der Waals surface area contributed by atoms with Gasteiger partial charge in [0.2, 0.25) is 0 Å². The Kier molecular flexibility index (Phi) is 1.51. The lowest BCUT2D eigenvalue weighted by molar-refractivity contribution is 0.590. The summed E-state index contributed by atoms with van der Waals surface area (Å²) in [6.07, 6.45) is 0.558. The van der Waals surface area contributed by atoms with Crippen molar-refractivity contribution in [2.45, 2.75) is 19.1 Å². The van der Waals surface area contributed by atoms with Crippen molar-refractivity contribution in [2.24, 2.45) is 0 Å². The average Bonchev–Trinajstić information content (AvgIpc) is 2.26. The molecule has 0 spiro atoms. The minimum absolute atomic E-state index is 0.128. The van der Waals surface area contributed by atoms with Crippen LogP contribution in [0.15, 0.2) is 0 Å². The molecule has 0 unspecified atom stereocenters. The first-order valence-corrected chi connectivity index (χ1v) is 5.64. The number of hydrogen-bond acceptors (Lipinski definition) is 3. The molecule has 12 heavy (non-hydrogen) atoms. The summed E-state index contributed by atoms with van der Waals surface area (Å²) in [4.78, 5) is 7.16. The maximum absolute atomic E-state index is 11.2. The fourth-order valence-electron chi connectivity index (χ4n) is 1.46. The molecule has 1 aromatic heterocycles. The number of nitrogens with zero attached hydrogens (tertiary/aromatic N) is 1. The first-order valence-electron chi connectivity index (χ1n) is 3.82. The maximum Gasteiger partial charge on any atom is 0.156 e. The Morgan fingerprint density at radius 1 is 1.50 bits per heavy atom. The van der Waals surface area contributed by atoms with Gasteiger partial charge in [-0.2, -0.15) is 0 Å². The second kappa shape index (κ2) is 2.32. The number of sulfone groups is 1. The summed E-state index contributed by atoms with van der Waals surface area (Å²) in [5, 5.41) is 0. The lowest BCUT2D eigenvalue weighted by Crippen LogP contribution is -2.18. The van der Waals surface area contributed by atoms with Gasteiger partial charge < -0.3 is 4.98 Å². The molecule has 0 atom stereocenters. The van der Waals surface area contributed by atoms with Gasteiger partial charge in [-0.3, -0.25) is 0 Å². The zero-order chi connectivity index (χ0) is 8.77. The molecule has 2 rings (SSSR count). The Morgan fingerprint density at radius 3 is 3.00 bits per heavy atom. The molecule has 2 heterocycles. The predicted octanol–water partition coefficient (Wildman–Crippen LogP) is 0.189. The van der Waals surface area contributed by atoms with Crippen LogP contribution in [0.2, 0.25) is 0 Å². The third kappa shape index (κ3) is 1.24. The Labute approximate surface area is 70.9 Å². The molecule has 0 amide bonds. The quantitative estimate of drug-likeness (QED) is 0.629. The number of aromatic nitrogens is 2. The second-order valence-electron chi connectivity index (χ2n) is 3.09. The van der Waals surface area contributed by atoms with Gasteiger partial charge >= 0.3 is 0 Å². The Bertz CT molecular complexity index is 405. The van der Waals surface area contributed by atoms with E-state index in [0.29, 0.717) is 6.42 Å². The average molecular weight is 186 g/mol. The first kappa shape index (κ1) is 7.79. The molecule has 66 valence electrons. The van der Waals surface area contributed by atoms with Gasteiger partial charge in [-0.1, -0.05) is 0 Å². The summed E-state index contributed by atoms with van der Waals surface area (Å²) < 4.78 is 22.3. The van der Waals surface area contributed by atoms with Gasteiger partial charge in [0.15, 0.2) is 9.84 Å². The summed E-state index contributed by atoms with van der Waals surface area (Å²) in [6, 6.07) is 0. The van der Waals surface area contributed by atoms with Crippen molar-refractivity contribution in [3.05, 3.63) is 17.2 Å². The molecular formula is C7H10N2O2S. The van der Waals surface area contributed by atoms with Crippen molar-refractivity contribution in [3.8, 4) is 0 Å². The zero-order valence-corrected chi connectivity index (χ0v) is 7.61. The molecule has 0 radical (unpaired) electrons. The summed E-state index contributed by atoms with van der Waals surface area (Å²) in [6.45, 7) is 1.84. The highest BCUT2D eigenvalue weighted by molar-refractivity contribution is 7.90. The van der Waals surface area contributed by atoms with E-state index < -0.39 is 9.84 Å². The number of aryl methyl sites for hydroxylation is 2. The van der Waals surface area contributed by atoms with E-state index in [-0.39, 0.29) is 11.5 Å². The molecule has 1 aliphatic heterocycles. The van der Waals surface area contributed by atoms with E-state index in [9.17, 15) is 8.42 Å². The molecule has 0 aliphatic carbocycles. The monoisotopic (exact) mass is 186 g/mol. The SMILES string of the molecule is Cc1nc2c([nH]1)CS(=O)(=O)CC2. The van der Waals surface area contributed by atoms with Crippen molar-refractivity contribution in [1.82, 2.24) is 9.97 Å². The largest absolute Gasteiger partial charge is 0.345 e. The van der Waals surface area contributed by atoms with E-state index in [2.05, 4.69) is 9.97 Å². The van der Waals surface area contributed by atoms with Crippen molar-refractivity contribution < 1.29 is 8.42 Å². The van der Waals surface area contributed by atoms with Crippen LogP contribution in [0.1, 0.15) is 17.2 Å². The molecular weight excluding hydrogens is 176 g/mol. The Morgan fingerprint density at radius 2 is 2.25 bits per heavy atom. The molecule has 0 aromatic carbocycles. The lowest BCUT2D eigenvalue weighted by Gasteiger charge is -2.09. The van der Waals surface area contributed by atoms with E-state index in [1.165, 1.54) is 0 Å². The zero-order valence-electron chi connectivity index (χ0n) is 6.79. The van der Waals surface area contributed by atoms with Crippen molar-refractivity contribution in [3.63, 3.8) is 0 Å². The number of H-pyrrole nitrogens is 1. The molecule has 0 saturated heterocycles. The van der Waals surface area contributed by atoms with Gasteiger partial charge in [0, 0.05) is 6.42 Å². The van der Waals surface area contributed by atoms with E-state index in [0.717, 1.165) is 17.2 Å². The standard InChI is InChI=1S/C7H10N2O2S/c1-5-8-6-2-3-12(10,11)4-7(6)9-5/h2-4H2,1H3,(H,8,9). The lowest BCUT2D eigenvalue weighted by atomic mass is 10.3. The highest BCUT2D eigenvalue weighted by Gasteiger charge is 2.23. The molecule has 1 aliphatic rings. The van der Waals surface area contributed by atoms with Gasteiger partial charge in [-0.25, -0.2) is 13.4 Å². The fraction of sp³-hybridized carbons (Fsp3) is 0.571. The Hall–Kier alpha value is -0.840. The van der Waals surface area contributed by atoms with E-state index in [4.69, 9.17) is 0 Å². The van der Waals surface area contributed by atoms with Gasteiger partial charge in [0.1, 0.15) is 5.82 Å². The van der Waals surface area contributed by atoms with Crippen LogP contribution in [-0.2, 0) is 22.0 Å². The van der Waals surface area contributed by atoms with Crippen LogP contribution in [0.5, 0.6) is 0 Å². The number of imidazole rings is 1. The van der Waals surface area contributed by atoms with E-state index in [1.54, 1.807) is 0 Å². The number of rotatable bonds is 0. The van der Waals surface area contributed by atoms with Crippen molar-refractivity contribution >= 4 is 9.84 Å². The van der Waals surface area contributed by atoms with Gasteiger partial charge in [0.25, 0.3) is 0 Å². The number of fused-ring (bicyclic) bond motifs is 1.